The van der Waals surface area contributed by atoms with Crippen molar-refractivity contribution in [3.05, 3.63) is 83.7 Å². The van der Waals surface area contributed by atoms with Crippen LogP contribution in [0.25, 0.3) is 5.65 Å². The van der Waals surface area contributed by atoms with Crippen LogP contribution in [0.5, 0.6) is 11.6 Å². The lowest BCUT2D eigenvalue weighted by molar-refractivity contribution is 0.251. The van der Waals surface area contributed by atoms with E-state index >= 15 is 0 Å². The topological polar surface area (TPSA) is 80.6 Å². The first kappa shape index (κ1) is 18.7. The first-order valence-electron chi connectivity index (χ1n) is 8.63. The van der Waals surface area contributed by atoms with Gasteiger partial charge in [0.2, 0.25) is 5.88 Å². The van der Waals surface area contributed by atoms with Crippen molar-refractivity contribution >= 4 is 29.0 Å². The van der Waals surface area contributed by atoms with Crippen LogP contribution in [0.3, 0.4) is 0 Å². The number of urea groups is 1. The number of nitrogens with zero attached hydrogens (tertiary/aromatic N) is 3. The van der Waals surface area contributed by atoms with Crippen molar-refractivity contribution in [3.8, 4) is 11.6 Å². The van der Waals surface area contributed by atoms with E-state index in [9.17, 15) is 9.18 Å². The highest BCUT2D eigenvalue weighted by atomic mass is 35.5. The van der Waals surface area contributed by atoms with E-state index in [0.29, 0.717) is 28.0 Å². The second-order valence-electron chi connectivity index (χ2n) is 6.09. The van der Waals surface area contributed by atoms with E-state index in [2.05, 4.69) is 20.6 Å². The number of nitrogens with one attached hydrogen (secondary N) is 2. The molecule has 4 rings (SSSR count). The normalized spacial score (nSPS) is 10.7. The Morgan fingerprint density at radius 3 is 2.69 bits per heavy atom. The third-order valence-corrected chi connectivity index (χ3v) is 4.15. The Bertz CT molecular complexity index is 1150. The number of hydrogen-bond acceptors (Lipinski definition) is 4. The molecule has 3 aromatic heterocycles. The van der Waals surface area contributed by atoms with E-state index < -0.39 is 6.03 Å². The molecule has 0 spiro atoms. The average Bonchev–Trinajstić information content (AvgIpc) is 3.12. The second-order valence-corrected chi connectivity index (χ2v) is 6.53. The van der Waals surface area contributed by atoms with Crippen molar-refractivity contribution in [1.29, 1.82) is 0 Å². The molecular weight excluding hydrogens is 397 g/mol. The summed E-state index contributed by atoms with van der Waals surface area (Å²) in [4.78, 5) is 20.6. The molecule has 0 fully saturated rings. The molecule has 7 nitrogen and oxygen atoms in total. The highest BCUT2D eigenvalue weighted by Crippen LogP contribution is 2.20. The van der Waals surface area contributed by atoms with Crippen molar-refractivity contribution in [1.82, 2.24) is 19.7 Å². The fourth-order valence-corrected chi connectivity index (χ4v) is 2.75. The molecule has 2 N–H and O–H groups in total. The molecule has 0 bridgehead atoms. The van der Waals surface area contributed by atoms with Gasteiger partial charge in [0.05, 0.1) is 29.1 Å². The SMILES string of the molecule is O=C(NCc1cn2cc(Cl)ccc2n1)Nc1ccc(Oc2ccc(F)cc2)nc1. The van der Waals surface area contributed by atoms with Gasteiger partial charge in [-0.3, -0.25) is 0 Å². The van der Waals surface area contributed by atoms with Gasteiger partial charge < -0.3 is 19.8 Å². The molecule has 0 radical (unpaired) electrons. The van der Waals surface area contributed by atoms with Crippen LogP contribution in [0.2, 0.25) is 5.02 Å². The van der Waals surface area contributed by atoms with E-state index in [0.717, 1.165) is 5.65 Å². The minimum atomic E-state index is -0.394. The summed E-state index contributed by atoms with van der Waals surface area (Å²) < 4.78 is 20.2. The summed E-state index contributed by atoms with van der Waals surface area (Å²) in [5.41, 5.74) is 1.94. The number of rotatable bonds is 5. The van der Waals surface area contributed by atoms with E-state index in [1.54, 1.807) is 41.1 Å². The number of fused-ring (bicyclic) bond motifs is 1. The molecule has 0 unspecified atom stereocenters. The fraction of sp³-hybridized carbons (Fsp3) is 0.0500. The number of benzene rings is 1. The molecule has 1 aromatic carbocycles. The Hall–Kier alpha value is -3.65. The molecule has 0 atom stereocenters. The zero-order valence-corrected chi connectivity index (χ0v) is 15.7. The summed E-state index contributed by atoms with van der Waals surface area (Å²) in [6, 6.07) is 12.0. The Balaban J connectivity index is 1.31. The minimum Gasteiger partial charge on any atom is -0.439 e. The van der Waals surface area contributed by atoms with Gasteiger partial charge in [-0.2, -0.15) is 0 Å². The third kappa shape index (κ3) is 4.80. The number of carbonyl (C=O) groups is 1. The zero-order chi connectivity index (χ0) is 20.2. The Kier molecular flexibility index (Phi) is 5.26. The minimum absolute atomic E-state index is 0.254. The second kappa shape index (κ2) is 8.15. The van der Waals surface area contributed by atoms with E-state index in [1.165, 1.54) is 30.5 Å². The van der Waals surface area contributed by atoms with Crippen LogP contribution < -0.4 is 15.4 Å². The predicted octanol–water partition coefficient (Wildman–Crippen LogP) is 4.64. The molecule has 0 aliphatic heterocycles. The maximum Gasteiger partial charge on any atom is 0.319 e. The smallest absolute Gasteiger partial charge is 0.319 e. The van der Waals surface area contributed by atoms with Crippen LogP contribution in [0.4, 0.5) is 14.9 Å². The maximum atomic E-state index is 12.9. The van der Waals surface area contributed by atoms with Gasteiger partial charge in [0, 0.05) is 18.5 Å². The number of aromatic nitrogens is 3. The molecule has 0 aliphatic rings. The van der Waals surface area contributed by atoms with Gasteiger partial charge in [-0.25, -0.2) is 19.2 Å². The van der Waals surface area contributed by atoms with Crippen molar-refractivity contribution in [2.75, 3.05) is 5.32 Å². The highest BCUT2D eigenvalue weighted by molar-refractivity contribution is 6.30. The zero-order valence-electron chi connectivity index (χ0n) is 15.0. The van der Waals surface area contributed by atoms with Crippen molar-refractivity contribution in [3.63, 3.8) is 0 Å². The highest BCUT2D eigenvalue weighted by Gasteiger charge is 2.06. The number of hydrogen-bond donors (Lipinski definition) is 2. The Labute approximate surface area is 170 Å². The number of ether oxygens (including phenoxy) is 1. The largest absolute Gasteiger partial charge is 0.439 e. The molecule has 0 saturated heterocycles. The molecule has 4 aromatic rings. The van der Waals surface area contributed by atoms with Crippen LogP contribution in [-0.4, -0.2) is 20.4 Å². The molecule has 29 heavy (non-hydrogen) atoms. The lowest BCUT2D eigenvalue weighted by Crippen LogP contribution is -2.28. The van der Waals surface area contributed by atoms with Crippen molar-refractivity contribution < 1.29 is 13.9 Å². The molecule has 146 valence electrons. The number of carbonyl (C=O) groups excluding carboxylic acids is 1. The number of imidazole rings is 1. The molecule has 2 amide bonds. The number of amides is 2. The van der Waals surface area contributed by atoms with Gasteiger partial charge in [0.25, 0.3) is 0 Å². The number of anilines is 1. The maximum absolute atomic E-state index is 12.9. The lowest BCUT2D eigenvalue weighted by atomic mass is 10.3. The van der Waals surface area contributed by atoms with Crippen LogP contribution in [0.15, 0.2) is 67.1 Å². The molecular formula is C20H15ClFN5O2. The first-order chi connectivity index (χ1) is 14.0. The van der Waals surface area contributed by atoms with Gasteiger partial charge in [-0.05, 0) is 42.5 Å². The quantitative estimate of drug-likeness (QED) is 0.501. The van der Waals surface area contributed by atoms with E-state index in [1.807, 2.05) is 0 Å². The molecule has 0 aliphatic carbocycles. The van der Waals surface area contributed by atoms with Gasteiger partial charge in [0.15, 0.2) is 0 Å². The Morgan fingerprint density at radius 2 is 1.93 bits per heavy atom. The lowest BCUT2D eigenvalue weighted by Gasteiger charge is -2.08. The third-order valence-electron chi connectivity index (χ3n) is 3.93. The van der Waals surface area contributed by atoms with Gasteiger partial charge in [0.1, 0.15) is 17.2 Å². The van der Waals surface area contributed by atoms with E-state index in [4.69, 9.17) is 16.3 Å². The summed E-state index contributed by atoms with van der Waals surface area (Å²) in [5, 5.41) is 6.01. The molecule has 3 heterocycles. The summed E-state index contributed by atoms with van der Waals surface area (Å²) in [7, 11) is 0. The Morgan fingerprint density at radius 1 is 1.10 bits per heavy atom. The van der Waals surface area contributed by atoms with Crippen LogP contribution in [0.1, 0.15) is 5.69 Å². The van der Waals surface area contributed by atoms with Crippen LogP contribution >= 0.6 is 11.6 Å². The average molecular weight is 412 g/mol. The first-order valence-corrected chi connectivity index (χ1v) is 9.00. The van der Waals surface area contributed by atoms with Crippen molar-refractivity contribution in [2.45, 2.75) is 6.54 Å². The van der Waals surface area contributed by atoms with E-state index in [-0.39, 0.29) is 12.4 Å². The summed E-state index contributed by atoms with van der Waals surface area (Å²) in [6.45, 7) is 0.254. The molecule has 0 saturated carbocycles. The van der Waals surface area contributed by atoms with Gasteiger partial charge in [-0.1, -0.05) is 11.6 Å². The monoisotopic (exact) mass is 411 g/mol. The van der Waals surface area contributed by atoms with Gasteiger partial charge >= 0.3 is 6.03 Å². The van der Waals surface area contributed by atoms with Crippen LogP contribution in [0, 0.1) is 5.82 Å². The molecule has 9 heteroatoms. The summed E-state index contributed by atoms with van der Waals surface area (Å²) >= 11 is 5.95. The number of pyridine rings is 2. The summed E-state index contributed by atoms with van der Waals surface area (Å²) in [6.07, 6.45) is 5.00. The fourth-order valence-electron chi connectivity index (χ4n) is 2.59. The predicted molar refractivity (Wildman–Crippen MR) is 107 cm³/mol. The number of halogens is 2. The van der Waals surface area contributed by atoms with Crippen molar-refractivity contribution in [2.24, 2.45) is 0 Å². The standard InChI is InChI=1S/C20H15ClFN5O2/c21-13-1-7-18-25-16(12-27(18)11-13)10-24-20(28)26-15-4-8-19(23-9-15)29-17-5-2-14(22)3-6-17/h1-9,11-12H,10H2,(H2,24,26,28). The summed E-state index contributed by atoms with van der Waals surface area (Å²) in [5.74, 6) is 0.445. The van der Waals surface area contributed by atoms with Crippen LogP contribution in [-0.2, 0) is 6.54 Å². The van der Waals surface area contributed by atoms with Gasteiger partial charge in [-0.15, -0.1) is 0 Å².